The lowest BCUT2D eigenvalue weighted by molar-refractivity contribution is -0.118. The first-order valence-electron chi connectivity index (χ1n) is 9.45. The Hall–Kier alpha value is -2.84. The molecular weight excluding hydrogens is 404 g/mol. The normalized spacial score (nSPS) is 14.1. The first kappa shape index (κ1) is 18.2. The minimum atomic E-state index is -0.680. The first-order chi connectivity index (χ1) is 14.1. The van der Waals surface area contributed by atoms with E-state index in [1.807, 2.05) is 35.7 Å². The molecule has 3 aromatic heterocycles. The second kappa shape index (κ2) is 7.20. The standard InChI is InChI=1S/C21H18N4O2S2/c1-12(18(26)24-21-23-15(10-28-21)13-6-3-2-4-7-13)25-11-22-19-17(20(25)27)14-8-5-9-16(14)29-19/h2-4,6-7,10-12H,5,8-9H2,1H3,(H,23,24,26). The third-order valence-electron chi connectivity index (χ3n) is 5.25. The first-order valence-corrected chi connectivity index (χ1v) is 11.1. The summed E-state index contributed by atoms with van der Waals surface area (Å²) in [6, 6.07) is 9.12. The lowest BCUT2D eigenvalue weighted by atomic mass is 10.2. The molecule has 1 amide bonds. The maximum Gasteiger partial charge on any atom is 0.263 e. The van der Waals surface area contributed by atoms with Crippen LogP contribution in [0.3, 0.4) is 0 Å². The number of nitrogens with one attached hydrogen (secondary N) is 1. The number of thiophene rings is 1. The molecule has 6 nitrogen and oxygen atoms in total. The smallest absolute Gasteiger partial charge is 0.263 e. The van der Waals surface area contributed by atoms with Gasteiger partial charge < -0.3 is 5.32 Å². The van der Waals surface area contributed by atoms with Crippen molar-refractivity contribution in [3.05, 3.63) is 62.8 Å². The molecule has 5 rings (SSSR count). The maximum absolute atomic E-state index is 13.1. The van der Waals surface area contributed by atoms with E-state index in [2.05, 4.69) is 15.3 Å². The van der Waals surface area contributed by atoms with Gasteiger partial charge in [0.2, 0.25) is 5.91 Å². The largest absolute Gasteiger partial charge is 0.300 e. The summed E-state index contributed by atoms with van der Waals surface area (Å²) in [6.45, 7) is 1.71. The topological polar surface area (TPSA) is 76.9 Å². The van der Waals surface area contributed by atoms with Crippen LogP contribution in [0, 0.1) is 0 Å². The number of benzene rings is 1. The van der Waals surface area contributed by atoms with Crippen LogP contribution in [0.15, 0.2) is 46.8 Å². The quantitative estimate of drug-likeness (QED) is 0.533. The van der Waals surface area contributed by atoms with Crippen LogP contribution in [0.4, 0.5) is 5.13 Å². The van der Waals surface area contributed by atoms with E-state index in [1.165, 1.54) is 27.1 Å². The molecule has 146 valence electrons. The van der Waals surface area contributed by atoms with Gasteiger partial charge in [-0.25, -0.2) is 9.97 Å². The zero-order valence-corrected chi connectivity index (χ0v) is 17.3. The predicted molar refractivity (Wildman–Crippen MR) is 117 cm³/mol. The Bertz CT molecular complexity index is 1270. The molecule has 0 saturated heterocycles. The van der Waals surface area contributed by atoms with Crippen LogP contribution >= 0.6 is 22.7 Å². The lowest BCUT2D eigenvalue weighted by Gasteiger charge is -2.13. The van der Waals surface area contributed by atoms with Crippen molar-refractivity contribution in [2.45, 2.75) is 32.2 Å². The highest BCUT2D eigenvalue weighted by Gasteiger charge is 2.24. The van der Waals surface area contributed by atoms with Crippen LogP contribution in [-0.2, 0) is 17.6 Å². The fourth-order valence-electron chi connectivity index (χ4n) is 3.68. The van der Waals surface area contributed by atoms with Gasteiger partial charge in [0.1, 0.15) is 10.9 Å². The van der Waals surface area contributed by atoms with Gasteiger partial charge in [0, 0.05) is 15.8 Å². The minimum Gasteiger partial charge on any atom is -0.300 e. The van der Waals surface area contributed by atoms with Crippen molar-refractivity contribution >= 4 is 43.9 Å². The number of thiazole rings is 1. The van der Waals surface area contributed by atoms with E-state index in [9.17, 15) is 9.59 Å². The summed E-state index contributed by atoms with van der Waals surface area (Å²) in [5, 5.41) is 5.94. The van der Waals surface area contributed by atoms with Gasteiger partial charge in [0.15, 0.2) is 5.13 Å². The average Bonchev–Trinajstić information content (AvgIpc) is 3.44. The highest BCUT2D eigenvalue weighted by atomic mass is 32.1. The van der Waals surface area contributed by atoms with E-state index in [1.54, 1.807) is 18.3 Å². The molecular formula is C21H18N4O2S2. The zero-order valence-electron chi connectivity index (χ0n) is 15.7. The molecule has 0 bridgehead atoms. The Labute approximate surface area is 174 Å². The van der Waals surface area contributed by atoms with E-state index in [4.69, 9.17) is 0 Å². The molecule has 0 radical (unpaired) electrons. The van der Waals surface area contributed by atoms with Crippen molar-refractivity contribution in [3.63, 3.8) is 0 Å². The number of anilines is 1. The van der Waals surface area contributed by atoms with Gasteiger partial charge in [-0.3, -0.25) is 14.2 Å². The van der Waals surface area contributed by atoms with Crippen molar-refractivity contribution in [1.82, 2.24) is 14.5 Å². The number of fused-ring (bicyclic) bond motifs is 3. The summed E-state index contributed by atoms with van der Waals surface area (Å²) in [5.74, 6) is -0.283. The van der Waals surface area contributed by atoms with Crippen LogP contribution in [0.5, 0.6) is 0 Å². The molecule has 0 fully saturated rings. The fourth-order valence-corrected chi connectivity index (χ4v) is 5.62. The summed E-state index contributed by atoms with van der Waals surface area (Å²) in [7, 11) is 0. The van der Waals surface area contributed by atoms with E-state index in [-0.39, 0.29) is 11.5 Å². The van der Waals surface area contributed by atoms with Gasteiger partial charge in [-0.05, 0) is 31.7 Å². The Kier molecular flexibility index (Phi) is 4.52. The Morgan fingerprint density at radius 3 is 2.90 bits per heavy atom. The number of nitrogens with zero attached hydrogens (tertiary/aromatic N) is 3. The molecule has 1 unspecified atom stereocenters. The van der Waals surface area contributed by atoms with Gasteiger partial charge >= 0.3 is 0 Å². The van der Waals surface area contributed by atoms with Gasteiger partial charge in [0.05, 0.1) is 17.4 Å². The van der Waals surface area contributed by atoms with E-state index < -0.39 is 6.04 Å². The summed E-state index contributed by atoms with van der Waals surface area (Å²) in [4.78, 5) is 36.8. The summed E-state index contributed by atoms with van der Waals surface area (Å²) in [5.41, 5.74) is 2.79. The Morgan fingerprint density at radius 1 is 1.24 bits per heavy atom. The predicted octanol–water partition coefficient (Wildman–Crippen LogP) is 4.27. The fraction of sp³-hybridized carbons (Fsp3) is 0.238. The SMILES string of the molecule is CC(C(=O)Nc1nc(-c2ccccc2)cs1)n1cnc2sc3c(c2c1=O)CCC3. The number of aromatic nitrogens is 3. The number of carbonyl (C=O) groups excluding carboxylic acids is 1. The van der Waals surface area contributed by atoms with Crippen LogP contribution in [0.25, 0.3) is 21.5 Å². The van der Waals surface area contributed by atoms with E-state index in [0.717, 1.165) is 40.9 Å². The molecule has 3 heterocycles. The van der Waals surface area contributed by atoms with Gasteiger partial charge in [-0.15, -0.1) is 22.7 Å². The number of carbonyl (C=O) groups is 1. The van der Waals surface area contributed by atoms with Gasteiger partial charge in [-0.1, -0.05) is 30.3 Å². The Balaban J connectivity index is 1.40. The molecule has 1 aliphatic carbocycles. The van der Waals surface area contributed by atoms with Crippen molar-refractivity contribution < 1.29 is 4.79 Å². The Morgan fingerprint density at radius 2 is 2.07 bits per heavy atom. The zero-order chi connectivity index (χ0) is 20.0. The molecule has 1 atom stereocenters. The molecule has 29 heavy (non-hydrogen) atoms. The molecule has 4 aromatic rings. The van der Waals surface area contributed by atoms with Crippen LogP contribution in [0.1, 0.15) is 29.8 Å². The molecule has 1 N–H and O–H groups in total. The van der Waals surface area contributed by atoms with Crippen LogP contribution in [0.2, 0.25) is 0 Å². The van der Waals surface area contributed by atoms with Crippen molar-refractivity contribution in [1.29, 1.82) is 0 Å². The number of rotatable bonds is 4. The molecule has 1 aliphatic rings. The van der Waals surface area contributed by atoms with E-state index >= 15 is 0 Å². The maximum atomic E-state index is 13.1. The summed E-state index contributed by atoms with van der Waals surface area (Å²) >= 11 is 2.96. The minimum absolute atomic E-state index is 0.138. The highest BCUT2D eigenvalue weighted by Crippen LogP contribution is 2.34. The molecule has 0 aliphatic heterocycles. The second-order valence-corrected chi connectivity index (χ2v) is 9.01. The molecule has 0 saturated carbocycles. The number of amides is 1. The number of aryl methyl sites for hydroxylation is 2. The van der Waals surface area contributed by atoms with Crippen LogP contribution in [-0.4, -0.2) is 20.4 Å². The summed E-state index contributed by atoms with van der Waals surface area (Å²) < 4.78 is 1.43. The van der Waals surface area contributed by atoms with Crippen molar-refractivity contribution in [2.24, 2.45) is 0 Å². The molecule has 8 heteroatoms. The summed E-state index contributed by atoms with van der Waals surface area (Å²) in [6.07, 6.45) is 4.49. The van der Waals surface area contributed by atoms with Crippen molar-refractivity contribution in [3.8, 4) is 11.3 Å². The molecule has 1 aromatic carbocycles. The second-order valence-electron chi connectivity index (χ2n) is 7.06. The number of hydrogen-bond acceptors (Lipinski definition) is 6. The third-order valence-corrected chi connectivity index (χ3v) is 7.21. The van der Waals surface area contributed by atoms with E-state index in [0.29, 0.717) is 10.5 Å². The monoisotopic (exact) mass is 422 g/mol. The van der Waals surface area contributed by atoms with Gasteiger partial charge in [0.25, 0.3) is 5.56 Å². The molecule has 0 spiro atoms. The number of hydrogen-bond donors (Lipinski definition) is 1. The average molecular weight is 423 g/mol. The highest BCUT2D eigenvalue weighted by molar-refractivity contribution is 7.18. The lowest BCUT2D eigenvalue weighted by Crippen LogP contribution is -2.31. The third kappa shape index (κ3) is 3.18. The van der Waals surface area contributed by atoms with Crippen LogP contribution < -0.4 is 10.9 Å². The van der Waals surface area contributed by atoms with Crippen molar-refractivity contribution in [2.75, 3.05) is 5.32 Å². The van der Waals surface area contributed by atoms with Gasteiger partial charge in [-0.2, -0.15) is 0 Å².